The van der Waals surface area contributed by atoms with Gasteiger partial charge in [0.15, 0.2) is 0 Å². The second-order valence-corrected chi connectivity index (χ2v) is 5.17. The summed E-state index contributed by atoms with van der Waals surface area (Å²) in [7, 11) is 0. The fourth-order valence-electron chi connectivity index (χ4n) is 2.15. The first kappa shape index (κ1) is 17.5. The summed E-state index contributed by atoms with van der Waals surface area (Å²) in [6, 6.07) is 0. The third-order valence-electron chi connectivity index (χ3n) is 3.30. The quantitative estimate of drug-likeness (QED) is 0.248. The van der Waals surface area contributed by atoms with Crippen molar-refractivity contribution in [1.82, 2.24) is 0 Å². The Morgan fingerprint density at radius 2 is 0.778 bits per heavy atom. The SMILES string of the molecule is CCC=CCCCCCCCCCCC=CCC. The monoisotopic (exact) mass is 250 g/mol. The van der Waals surface area contributed by atoms with Crippen molar-refractivity contribution in [2.45, 2.75) is 90.9 Å². The highest BCUT2D eigenvalue weighted by molar-refractivity contribution is 4.80. The predicted molar refractivity (Wildman–Crippen MR) is 85.0 cm³/mol. The van der Waals surface area contributed by atoms with Crippen molar-refractivity contribution in [3.63, 3.8) is 0 Å². The zero-order chi connectivity index (χ0) is 13.3. The van der Waals surface area contributed by atoms with Crippen molar-refractivity contribution < 1.29 is 0 Å². The molecule has 0 aliphatic rings. The molecule has 0 saturated carbocycles. The Bertz CT molecular complexity index is 166. The van der Waals surface area contributed by atoms with Crippen molar-refractivity contribution in [1.29, 1.82) is 0 Å². The van der Waals surface area contributed by atoms with Gasteiger partial charge in [-0.25, -0.2) is 0 Å². The maximum Gasteiger partial charge on any atom is -0.0351 e. The van der Waals surface area contributed by atoms with Gasteiger partial charge >= 0.3 is 0 Å². The van der Waals surface area contributed by atoms with Gasteiger partial charge in [0.25, 0.3) is 0 Å². The standard InChI is InChI=1S/C18H34/c1-3-5-7-9-11-13-15-17-18-16-14-12-10-8-6-4-2/h5-8H,3-4,9-18H2,1-2H3. The van der Waals surface area contributed by atoms with Crippen LogP contribution in [0.3, 0.4) is 0 Å². The van der Waals surface area contributed by atoms with Gasteiger partial charge in [0.05, 0.1) is 0 Å². The Labute approximate surface area is 116 Å². The van der Waals surface area contributed by atoms with Crippen LogP contribution in [0.2, 0.25) is 0 Å². The molecule has 18 heavy (non-hydrogen) atoms. The van der Waals surface area contributed by atoms with Crippen LogP contribution >= 0.6 is 0 Å². The second kappa shape index (κ2) is 16.5. The molecule has 0 rings (SSSR count). The summed E-state index contributed by atoms with van der Waals surface area (Å²) in [5.74, 6) is 0. The van der Waals surface area contributed by atoms with Gasteiger partial charge < -0.3 is 0 Å². The molecule has 0 N–H and O–H groups in total. The molecule has 0 saturated heterocycles. The van der Waals surface area contributed by atoms with E-state index in [1.807, 2.05) is 0 Å². The van der Waals surface area contributed by atoms with Gasteiger partial charge in [-0.15, -0.1) is 0 Å². The van der Waals surface area contributed by atoms with Crippen LogP contribution in [0.5, 0.6) is 0 Å². The van der Waals surface area contributed by atoms with Crippen LogP contribution in [0.25, 0.3) is 0 Å². The molecule has 0 heterocycles. The minimum absolute atomic E-state index is 1.19. The molecule has 0 bridgehead atoms. The van der Waals surface area contributed by atoms with Gasteiger partial charge in [0.2, 0.25) is 0 Å². The minimum atomic E-state index is 1.19. The van der Waals surface area contributed by atoms with E-state index < -0.39 is 0 Å². The van der Waals surface area contributed by atoms with Crippen molar-refractivity contribution in [3.8, 4) is 0 Å². The van der Waals surface area contributed by atoms with Crippen LogP contribution in [-0.2, 0) is 0 Å². The molecule has 0 spiro atoms. The Hall–Kier alpha value is -0.520. The van der Waals surface area contributed by atoms with Crippen LogP contribution in [0.4, 0.5) is 0 Å². The van der Waals surface area contributed by atoms with Gasteiger partial charge in [-0.1, -0.05) is 76.7 Å². The summed E-state index contributed by atoms with van der Waals surface area (Å²) in [6.07, 6.45) is 25.6. The van der Waals surface area contributed by atoms with E-state index >= 15 is 0 Å². The molecule has 0 unspecified atom stereocenters. The number of rotatable bonds is 13. The Morgan fingerprint density at radius 1 is 0.444 bits per heavy atom. The van der Waals surface area contributed by atoms with E-state index in [-0.39, 0.29) is 0 Å². The lowest BCUT2D eigenvalue weighted by molar-refractivity contribution is 0.571. The molecule has 0 aromatic heterocycles. The zero-order valence-electron chi connectivity index (χ0n) is 12.8. The Kier molecular flexibility index (Phi) is 16.0. The average molecular weight is 250 g/mol. The lowest BCUT2D eigenvalue weighted by atomic mass is 10.1. The van der Waals surface area contributed by atoms with E-state index in [1.54, 1.807) is 0 Å². The van der Waals surface area contributed by atoms with E-state index in [0.29, 0.717) is 0 Å². The lowest BCUT2D eigenvalue weighted by Gasteiger charge is -2.00. The number of allylic oxidation sites excluding steroid dienone is 4. The van der Waals surface area contributed by atoms with Crippen LogP contribution in [0, 0.1) is 0 Å². The summed E-state index contributed by atoms with van der Waals surface area (Å²) < 4.78 is 0. The van der Waals surface area contributed by atoms with Crippen molar-refractivity contribution in [2.24, 2.45) is 0 Å². The topological polar surface area (TPSA) is 0 Å². The second-order valence-electron chi connectivity index (χ2n) is 5.17. The molecule has 0 nitrogen and oxygen atoms in total. The van der Waals surface area contributed by atoms with Crippen molar-refractivity contribution >= 4 is 0 Å². The smallest absolute Gasteiger partial charge is 0.0351 e. The van der Waals surface area contributed by atoms with Crippen LogP contribution in [0.15, 0.2) is 24.3 Å². The molecule has 0 radical (unpaired) electrons. The normalized spacial score (nSPS) is 11.9. The molecule has 106 valence electrons. The van der Waals surface area contributed by atoms with Crippen molar-refractivity contribution in [3.05, 3.63) is 24.3 Å². The summed E-state index contributed by atoms with van der Waals surface area (Å²) >= 11 is 0. The molecule has 0 amide bonds. The van der Waals surface area contributed by atoms with E-state index in [1.165, 1.54) is 77.0 Å². The summed E-state index contributed by atoms with van der Waals surface area (Å²) in [4.78, 5) is 0. The molecule has 0 aliphatic carbocycles. The molecule has 0 aromatic carbocycles. The van der Waals surface area contributed by atoms with Gasteiger partial charge in [-0.2, -0.15) is 0 Å². The number of unbranched alkanes of at least 4 members (excludes halogenated alkanes) is 9. The number of hydrogen-bond donors (Lipinski definition) is 0. The largest absolute Gasteiger partial charge is 0.0888 e. The van der Waals surface area contributed by atoms with E-state index in [0.717, 1.165) is 0 Å². The predicted octanol–water partition coefficient (Wildman–Crippen LogP) is 6.82. The molecule has 0 aliphatic heterocycles. The van der Waals surface area contributed by atoms with Gasteiger partial charge in [-0.05, 0) is 38.5 Å². The maximum absolute atomic E-state index is 2.34. The molecule has 0 aromatic rings. The highest BCUT2D eigenvalue weighted by atomic mass is 14.0. The molecule has 0 heteroatoms. The minimum Gasteiger partial charge on any atom is -0.0888 e. The Balaban J connectivity index is 2.98. The third-order valence-corrected chi connectivity index (χ3v) is 3.30. The van der Waals surface area contributed by atoms with Crippen LogP contribution in [0.1, 0.15) is 90.9 Å². The first-order valence-corrected chi connectivity index (χ1v) is 8.21. The molecular formula is C18H34. The Morgan fingerprint density at radius 3 is 1.11 bits per heavy atom. The maximum atomic E-state index is 2.34. The van der Waals surface area contributed by atoms with Crippen molar-refractivity contribution in [2.75, 3.05) is 0 Å². The van der Waals surface area contributed by atoms with Crippen LogP contribution < -0.4 is 0 Å². The summed E-state index contributed by atoms with van der Waals surface area (Å²) in [5.41, 5.74) is 0. The zero-order valence-corrected chi connectivity index (χ0v) is 12.8. The summed E-state index contributed by atoms with van der Waals surface area (Å²) in [5, 5.41) is 0. The summed E-state index contributed by atoms with van der Waals surface area (Å²) in [6.45, 7) is 4.41. The van der Waals surface area contributed by atoms with E-state index in [2.05, 4.69) is 38.2 Å². The first-order chi connectivity index (χ1) is 8.91. The highest BCUT2D eigenvalue weighted by Gasteiger charge is 1.91. The molecule has 0 fully saturated rings. The first-order valence-electron chi connectivity index (χ1n) is 8.21. The number of hydrogen-bond acceptors (Lipinski definition) is 0. The fourth-order valence-corrected chi connectivity index (χ4v) is 2.15. The van der Waals surface area contributed by atoms with E-state index in [4.69, 9.17) is 0 Å². The third kappa shape index (κ3) is 15.5. The fraction of sp³-hybridized carbons (Fsp3) is 0.778. The van der Waals surface area contributed by atoms with Crippen LogP contribution in [-0.4, -0.2) is 0 Å². The van der Waals surface area contributed by atoms with E-state index in [9.17, 15) is 0 Å². The highest BCUT2D eigenvalue weighted by Crippen LogP contribution is 2.11. The molecule has 0 atom stereocenters. The van der Waals surface area contributed by atoms with Gasteiger partial charge in [0, 0.05) is 0 Å². The van der Waals surface area contributed by atoms with Gasteiger partial charge in [0.1, 0.15) is 0 Å². The van der Waals surface area contributed by atoms with Gasteiger partial charge in [-0.3, -0.25) is 0 Å². The average Bonchev–Trinajstić information content (AvgIpc) is 2.39. The molecular weight excluding hydrogens is 216 g/mol. The lowest BCUT2D eigenvalue weighted by Crippen LogP contribution is -1.81.